The van der Waals surface area contributed by atoms with Gasteiger partial charge in [-0.3, -0.25) is 0 Å². The Balaban J connectivity index is 2.11. The summed E-state index contributed by atoms with van der Waals surface area (Å²) < 4.78 is 11.6. The second-order valence-corrected chi connectivity index (χ2v) is 5.67. The van der Waals surface area contributed by atoms with Crippen molar-refractivity contribution < 1.29 is 14.6 Å². The van der Waals surface area contributed by atoms with Crippen molar-refractivity contribution in [2.75, 3.05) is 12.9 Å². The molecule has 0 bridgehead atoms. The van der Waals surface area contributed by atoms with E-state index in [-0.39, 0.29) is 0 Å². The minimum absolute atomic E-state index is 0.471. The molecule has 0 aliphatic carbocycles. The highest BCUT2D eigenvalue weighted by Gasteiger charge is 2.07. The van der Waals surface area contributed by atoms with Crippen LogP contribution in [0.25, 0.3) is 0 Å². The molecule has 2 aromatic rings. The molecule has 0 fully saturated rings. The van der Waals surface area contributed by atoms with Gasteiger partial charge in [-0.1, -0.05) is 42.1 Å². The molecule has 0 atom stereocenters. The Kier molecular flexibility index (Phi) is 7.17. The number of nitrogens with one attached hydrogen (secondary N) is 1. The van der Waals surface area contributed by atoms with E-state index in [2.05, 4.69) is 10.2 Å². The third-order valence-electron chi connectivity index (χ3n) is 3.12. The summed E-state index contributed by atoms with van der Waals surface area (Å²) >= 11 is 1.38. The summed E-state index contributed by atoms with van der Waals surface area (Å²) in [6.07, 6.45) is 3.62. The number of hydrazone groups is 1. The number of rotatable bonds is 7. The lowest BCUT2D eigenvalue weighted by Crippen LogP contribution is -2.62. The zero-order valence-electron chi connectivity index (χ0n) is 13.9. The molecule has 0 saturated carbocycles. The van der Waals surface area contributed by atoms with E-state index in [0.717, 1.165) is 11.1 Å². The lowest BCUT2D eigenvalue weighted by molar-refractivity contribution is -0.456. The molecule has 0 spiro atoms. The second-order valence-electron chi connectivity index (χ2n) is 4.84. The van der Waals surface area contributed by atoms with Gasteiger partial charge < -0.3 is 15.2 Å². The van der Waals surface area contributed by atoms with Crippen molar-refractivity contribution in [3.05, 3.63) is 59.7 Å². The molecule has 0 radical (unpaired) electrons. The van der Waals surface area contributed by atoms with Gasteiger partial charge in [-0.15, -0.1) is 5.10 Å². The lowest BCUT2D eigenvalue weighted by atomic mass is 10.2. The normalized spacial score (nSPS) is 11.7. The van der Waals surface area contributed by atoms with E-state index < -0.39 is 0 Å². The predicted octanol–water partition coefficient (Wildman–Crippen LogP) is 1.76. The molecule has 6 heteroatoms. The van der Waals surface area contributed by atoms with Crippen LogP contribution in [0.5, 0.6) is 11.5 Å². The van der Waals surface area contributed by atoms with E-state index in [4.69, 9.17) is 15.2 Å². The van der Waals surface area contributed by atoms with Crippen LogP contribution < -0.4 is 20.3 Å². The van der Waals surface area contributed by atoms with Crippen molar-refractivity contribution in [3.63, 3.8) is 0 Å². The number of amidine groups is 1. The fourth-order valence-electron chi connectivity index (χ4n) is 1.95. The SMILES string of the molecule is CCOc1cc(C=[NH+]N=C(N)SC)ccc1OCc1ccccc1. The van der Waals surface area contributed by atoms with Gasteiger partial charge in [0.15, 0.2) is 11.5 Å². The molecule has 0 unspecified atom stereocenters. The molecule has 5 nitrogen and oxygen atoms in total. The average Bonchev–Trinajstić information content (AvgIpc) is 2.62. The number of ether oxygens (including phenoxy) is 2. The molecule has 2 aromatic carbocycles. The number of hydrogen-bond acceptors (Lipinski definition) is 4. The molecule has 0 aliphatic rings. The summed E-state index contributed by atoms with van der Waals surface area (Å²) in [5.74, 6) is 1.41. The molecule has 2 rings (SSSR count). The van der Waals surface area contributed by atoms with Crippen LogP contribution in [0, 0.1) is 0 Å². The van der Waals surface area contributed by atoms with Gasteiger partial charge in [0.05, 0.1) is 6.61 Å². The van der Waals surface area contributed by atoms with Crippen molar-refractivity contribution in [1.29, 1.82) is 0 Å². The summed E-state index contributed by atoms with van der Waals surface area (Å²) in [4.78, 5) is 0. The Morgan fingerprint density at radius 3 is 2.67 bits per heavy atom. The Labute approximate surface area is 146 Å². The number of nitrogens with zero attached hydrogens (tertiary/aromatic N) is 1. The van der Waals surface area contributed by atoms with E-state index in [1.165, 1.54) is 11.8 Å². The number of hydrogen-bond donors (Lipinski definition) is 2. The highest BCUT2D eigenvalue weighted by Crippen LogP contribution is 2.28. The Hall–Kier alpha value is -2.47. The first-order valence-corrected chi connectivity index (χ1v) is 8.85. The maximum Gasteiger partial charge on any atom is 0.225 e. The predicted molar refractivity (Wildman–Crippen MR) is 99.7 cm³/mol. The topological polar surface area (TPSA) is 70.8 Å². The smallest absolute Gasteiger partial charge is 0.225 e. The summed E-state index contributed by atoms with van der Waals surface area (Å²) in [5.41, 5.74) is 7.65. The Bertz CT molecular complexity index is 703. The van der Waals surface area contributed by atoms with E-state index >= 15 is 0 Å². The zero-order valence-corrected chi connectivity index (χ0v) is 14.7. The minimum atomic E-state index is 0.471. The van der Waals surface area contributed by atoms with Crippen LogP contribution in [0.3, 0.4) is 0 Å². The standard InChI is InChI=1S/C18H21N3O2S/c1-3-22-17-11-15(12-20-21-18(19)24-2)9-10-16(17)23-13-14-7-5-4-6-8-14/h4-12H,3,13H2,1-2H3,(H2,19,21)/p+1. The monoisotopic (exact) mass is 344 g/mol. The molecule has 0 aromatic heterocycles. The van der Waals surface area contributed by atoms with Crippen LogP contribution in [-0.2, 0) is 6.61 Å². The number of benzene rings is 2. The maximum absolute atomic E-state index is 5.88. The highest BCUT2D eigenvalue weighted by atomic mass is 32.2. The molecular weight excluding hydrogens is 322 g/mol. The van der Waals surface area contributed by atoms with E-state index in [1.54, 1.807) is 6.21 Å². The van der Waals surface area contributed by atoms with Crippen LogP contribution in [0.1, 0.15) is 18.1 Å². The minimum Gasteiger partial charge on any atom is -0.490 e. The average molecular weight is 344 g/mol. The second kappa shape index (κ2) is 9.62. The van der Waals surface area contributed by atoms with Gasteiger partial charge >= 0.3 is 0 Å². The third kappa shape index (κ3) is 5.62. The van der Waals surface area contributed by atoms with Crippen molar-refractivity contribution in [2.45, 2.75) is 13.5 Å². The summed E-state index contributed by atoms with van der Waals surface area (Å²) in [6, 6.07) is 15.8. The first-order chi connectivity index (χ1) is 11.7. The highest BCUT2D eigenvalue weighted by molar-refractivity contribution is 8.13. The van der Waals surface area contributed by atoms with E-state index in [9.17, 15) is 0 Å². The number of nitrogens with two attached hydrogens (primary N) is 1. The van der Waals surface area contributed by atoms with E-state index in [1.807, 2.05) is 61.7 Å². The summed E-state index contributed by atoms with van der Waals surface area (Å²) in [7, 11) is 0. The van der Waals surface area contributed by atoms with Gasteiger partial charge in [0.1, 0.15) is 6.61 Å². The van der Waals surface area contributed by atoms with Gasteiger partial charge in [0.2, 0.25) is 11.4 Å². The van der Waals surface area contributed by atoms with E-state index in [0.29, 0.717) is 29.9 Å². The molecular formula is C18H22N3O2S+. The fourth-order valence-corrected chi connectivity index (χ4v) is 2.10. The molecule has 24 heavy (non-hydrogen) atoms. The van der Waals surface area contributed by atoms with Crippen LogP contribution in [0.15, 0.2) is 53.6 Å². The largest absolute Gasteiger partial charge is 0.490 e. The molecule has 0 saturated heterocycles. The van der Waals surface area contributed by atoms with Gasteiger partial charge in [-0.05, 0) is 36.9 Å². The molecule has 3 N–H and O–H groups in total. The van der Waals surface area contributed by atoms with Crippen LogP contribution in [0.2, 0.25) is 0 Å². The maximum atomic E-state index is 5.88. The Morgan fingerprint density at radius 2 is 1.96 bits per heavy atom. The molecule has 0 heterocycles. The van der Waals surface area contributed by atoms with Crippen molar-refractivity contribution in [2.24, 2.45) is 10.8 Å². The van der Waals surface area contributed by atoms with Gasteiger partial charge in [0, 0.05) is 10.7 Å². The first kappa shape index (κ1) is 17.9. The zero-order chi connectivity index (χ0) is 17.2. The van der Waals surface area contributed by atoms with Crippen molar-refractivity contribution >= 4 is 23.1 Å². The summed E-state index contributed by atoms with van der Waals surface area (Å²) in [5, 5.41) is 7.28. The van der Waals surface area contributed by atoms with Crippen molar-refractivity contribution in [3.8, 4) is 11.5 Å². The lowest BCUT2D eigenvalue weighted by Gasteiger charge is -2.12. The van der Waals surface area contributed by atoms with Crippen LogP contribution in [0.4, 0.5) is 0 Å². The molecule has 126 valence electrons. The van der Waals surface area contributed by atoms with Gasteiger partial charge in [-0.25, -0.2) is 0 Å². The Morgan fingerprint density at radius 1 is 1.17 bits per heavy atom. The fraction of sp³-hybridized carbons (Fsp3) is 0.222. The third-order valence-corrected chi connectivity index (χ3v) is 3.63. The molecule has 0 aliphatic heterocycles. The summed E-state index contributed by atoms with van der Waals surface area (Å²) in [6.45, 7) is 3.01. The number of thioether (sulfide) groups is 1. The van der Waals surface area contributed by atoms with Crippen molar-refractivity contribution in [1.82, 2.24) is 0 Å². The van der Waals surface area contributed by atoms with Crippen LogP contribution >= 0.6 is 11.8 Å². The molecule has 0 amide bonds. The quantitative estimate of drug-likeness (QED) is 0.456. The van der Waals surface area contributed by atoms with Gasteiger partial charge in [0.25, 0.3) is 0 Å². The van der Waals surface area contributed by atoms with Crippen LogP contribution in [-0.4, -0.2) is 24.2 Å². The van der Waals surface area contributed by atoms with Gasteiger partial charge in [-0.2, -0.15) is 0 Å². The first-order valence-electron chi connectivity index (χ1n) is 7.62.